The van der Waals surface area contributed by atoms with E-state index in [2.05, 4.69) is 0 Å². The second-order valence-electron chi connectivity index (χ2n) is 7.26. The van der Waals surface area contributed by atoms with Gasteiger partial charge in [-0.15, -0.1) is 0 Å². The summed E-state index contributed by atoms with van der Waals surface area (Å²) in [6.07, 6.45) is 0. The number of nitrogens with zero attached hydrogens (tertiary/aromatic N) is 1. The van der Waals surface area contributed by atoms with E-state index in [0.29, 0.717) is 22.2 Å². The molecule has 3 rings (SSSR count). The number of ether oxygens (including phenoxy) is 3. The average molecular weight is 459 g/mol. The third kappa shape index (κ3) is 5.07. The molecule has 0 fully saturated rings. The Bertz CT molecular complexity index is 948. The maximum Gasteiger partial charge on any atom is 0.326 e. The molecule has 1 aliphatic heterocycles. The van der Waals surface area contributed by atoms with Gasteiger partial charge in [0.05, 0.1) is 15.6 Å². The number of carbonyl (C=O) groups excluding carboxylic acids is 2. The highest BCUT2D eigenvalue weighted by Crippen LogP contribution is 2.37. The number of carbonyl (C=O) groups is 2. The highest BCUT2D eigenvalue weighted by Gasteiger charge is 2.29. The molecule has 0 saturated heterocycles. The van der Waals surface area contributed by atoms with Crippen LogP contribution in [0.1, 0.15) is 31.1 Å². The van der Waals surface area contributed by atoms with Gasteiger partial charge in [0.2, 0.25) is 6.79 Å². The van der Waals surface area contributed by atoms with Crippen LogP contribution in [-0.4, -0.2) is 30.8 Å². The fourth-order valence-corrected chi connectivity index (χ4v) is 3.70. The first-order chi connectivity index (χ1) is 13.5. The van der Waals surface area contributed by atoms with Crippen molar-refractivity contribution in [3.63, 3.8) is 0 Å². The zero-order valence-electron chi connectivity index (χ0n) is 15.9. The Kier molecular flexibility index (Phi) is 6.17. The van der Waals surface area contributed by atoms with Gasteiger partial charge >= 0.3 is 5.97 Å². The van der Waals surface area contributed by atoms with Crippen molar-refractivity contribution in [2.24, 2.45) is 0 Å². The molecule has 1 aliphatic rings. The van der Waals surface area contributed by atoms with Gasteiger partial charge in [-0.3, -0.25) is 14.5 Å². The smallest absolute Gasteiger partial charge is 0.326 e. The third-order valence-electron chi connectivity index (χ3n) is 3.84. The first kappa shape index (κ1) is 21.6. The second-order valence-corrected chi connectivity index (χ2v) is 8.51. The quantitative estimate of drug-likeness (QED) is 0.577. The first-order valence-electron chi connectivity index (χ1n) is 8.63. The molecule has 2 aromatic rings. The fourth-order valence-electron chi connectivity index (χ4n) is 2.72. The minimum absolute atomic E-state index is 0.0268. The molecule has 0 N–H and O–H groups in total. The molecule has 0 radical (unpaired) electrons. The van der Waals surface area contributed by atoms with E-state index >= 15 is 0 Å². The number of amides is 1. The highest BCUT2D eigenvalue weighted by atomic mass is 35.5. The predicted molar refractivity (Wildman–Crippen MR) is 112 cm³/mol. The molecule has 0 unspecified atom stereocenters. The maximum absolute atomic E-state index is 13.3. The molecular weight excluding hydrogens is 441 g/mol. The molecule has 0 aliphatic carbocycles. The molecule has 9 heteroatoms. The van der Waals surface area contributed by atoms with E-state index < -0.39 is 17.5 Å². The second kappa shape index (κ2) is 8.30. The van der Waals surface area contributed by atoms with Crippen molar-refractivity contribution in [1.29, 1.82) is 0 Å². The van der Waals surface area contributed by atoms with Crippen molar-refractivity contribution in [2.75, 3.05) is 18.2 Å². The predicted octanol–water partition coefficient (Wildman–Crippen LogP) is 5.36. The molecule has 154 valence electrons. The third-order valence-corrected chi connectivity index (χ3v) is 4.66. The average Bonchev–Trinajstić information content (AvgIpc) is 3.04. The van der Waals surface area contributed by atoms with Gasteiger partial charge in [0.1, 0.15) is 12.1 Å². The number of halogens is 3. The van der Waals surface area contributed by atoms with Crippen LogP contribution in [0, 0.1) is 0 Å². The summed E-state index contributed by atoms with van der Waals surface area (Å²) in [7, 11) is 0. The molecule has 2 aromatic carbocycles. The van der Waals surface area contributed by atoms with Crippen LogP contribution in [0.25, 0.3) is 0 Å². The maximum atomic E-state index is 13.3. The van der Waals surface area contributed by atoms with E-state index in [9.17, 15) is 9.59 Å². The van der Waals surface area contributed by atoms with Crippen molar-refractivity contribution in [3.8, 4) is 11.5 Å². The minimum atomic E-state index is -0.712. The first-order valence-corrected chi connectivity index (χ1v) is 9.76. The van der Waals surface area contributed by atoms with Gasteiger partial charge in [-0.25, -0.2) is 0 Å². The van der Waals surface area contributed by atoms with E-state index in [0.717, 1.165) is 0 Å². The Morgan fingerprint density at radius 1 is 1.03 bits per heavy atom. The summed E-state index contributed by atoms with van der Waals surface area (Å²) in [5.74, 6) is -0.176. The van der Waals surface area contributed by atoms with Gasteiger partial charge < -0.3 is 14.2 Å². The Hall–Kier alpha value is -2.15. The molecule has 1 heterocycles. The van der Waals surface area contributed by atoms with Crippen molar-refractivity contribution in [2.45, 2.75) is 26.4 Å². The monoisotopic (exact) mass is 457 g/mol. The van der Waals surface area contributed by atoms with E-state index in [1.54, 1.807) is 39.0 Å². The van der Waals surface area contributed by atoms with E-state index in [4.69, 9.17) is 49.0 Å². The van der Waals surface area contributed by atoms with E-state index in [1.165, 1.54) is 17.0 Å². The lowest BCUT2D eigenvalue weighted by molar-refractivity contribution is -0.152. The zero-order chi connectivity index (χ0) is 21.3. The van der Waals surface area contributed by atoms with Gasteiger partial charge in [-0.05, 0) is 45.0 Å². The minimum Gasteiger partial charge on any atom is -0.459 e. The Morgan fingerprint density at radius 3 is 2.28 bits per heavy atom. The molecule has 0 bridgehead atoms. The molecule has 1 amide bonds. The molecule has 6 nitrogen and oxygen atoms in total. The van der Waals surface area contributed by atoms with Crippen molar-refractivity contribution >= 4 is 52.4 Å². The van der Waals surface area contributed by atoms with Crippen LogP contribution in [0.15, 0.2) is 30.3 Å². The van der Waals surface area contributed by atoms with Crippen LogP contribution in [0.4, 0.5) is 5.69 Å². The summed E-state index contributed by atoms with van der Waals surface area (Å²) in [5, 5.41) is 0.434. The van der Waals surface area contributed by atoms with Crippen molar-refractivity contribution in [1.82, 2.24) is 0 Å². The zero-order valence-corrected chi connectivity index (χ0v) is 18.2. The normalized spacial score (nSPS) is 12.6. The largest absolute Gasteiger partial charge is 0.459 e. The molecule has 29 heavy (non-hydrogen) atoms. The summed E-state index contributed by atoms with van der Waals surface area (Å²) in [6.45, 7) is 4.94. The van der Waals surface area contributed by atoms with Crippen molar-refractivity contribution in [3.05, 3.63) is 51.0 Å². The SMILES string of the molecule is CC(C)(C)OC(=O)CN(C(=O)c1c(Cl)cc(Cl)cc1Cl)c1ccc2c(c1)OCO2. The molecule has 0 saturated carbocycles. The number of esters is 1. The van der Waals surface area contributed by atoms with E-state index in [-0.39, 0.29) is 28.9 Å². The fraction of sp³-hybridized carbons (Fsp3) is 0.300. The molecular formula is C20H18Cl3NO5. The number of hydrogen-bond acceptors (Lipinski definition) is 5. The van der Waals surface area contributed by atoms with Crippen LogP contribution >= 0.6 is 34.8 Å². The van der Waals surface area contributed by atoms with Crippen molar-refractivity contribution < 1.29 is 23.8 Å². The summed E-state index contributed by atoms with van der Waals surface area (Å²) in [4.78, 5) is 27.0. The number of benzene rings is 2. The number of hydrogen-bond donors (Lipinski definition) is 0. The number of fused-ring (bicyclic) bond motifs is 1. The molecule has 0 spiro atoms. The summed E-state index contributed by atoms with van der Waals surface area (Å²) in [5.41, 5.74) is -0.290. The van der Waals surface area contributed by atoms with Crippen LogP contribution in [0.2, 0.25) is 15.1 Å². The summed E-state index contributed by atoms with van der Waals surface area (Å²) < 4.78 is 16.1. The lowest BCUT2D eigenvalue weighted by atomic mass is 10.1. The Morgan fingerprint density at radius 2 is 1.66 bits per heavy atom. The molecule has 0 atom stereocenters. The van der Waals surface area contributed by atoms with Crippen LogP contribution in [0.3, 0.4) is 0 Å². The number of rotatable bonds is 4. The molecule has 0 aromatic heterocycles. The van der Waals surface area contributed by atoms with E-state index in [1.807, 2.05) is 0 Å². The standard InChI is InChI=1S/C20H18Cl3NO5/c1-20(2,3)29-17(25)9-24(12-4-5-15-16(8-12)28-10-27-15)19(26)18-13(22)6-11(21)7-14(18)23/h4-8H,9-10H2,1-3H3. The lowest BCUT2D eigenvalue weighted by Gasteiger charge is -2.26. The van der Waals surface area contributed by atoms with Gasteiger partial charge in [0, 0.05) is 16.8 Å². The van der Waals surface area contributed by atoms with Gasteiger partial charge in [0.15, 0.2) is 11.5 Å². The van der Waals surface area contributed by atoms with Crippen LogP contribution in [0.5, 0.6) is 11.5 Å². The Labute approximate surface area is 183 Å². The van der Waals surface area contributed by atoms with Crippen LogP contribution < -0.4 is 14.4 Å². The van der Waals surface area contributed by atoms with Gasteiger partial charge in [0.25, 0.3) is 5.91 Å². The summed E-state index contributed by atoms with van der Waals surface area (Å²) >= 11 is 18.4. The topological polar surface area (TPSA) is 65.1 Å². The number of anilines is 1. The van der Waals surface area contributed by atoms with Crippen LogP contribution in [-0.2, 0) is 9.53 Å². The lowest BCUT2D eigenvalue weighted by Crippen LogP contribution is -2.39. The van der Waals surface area contributed by atoms with Gasteiger partial charge in [-0.2, -0.15) is 0 Å². The Balaban J connectivity index is 2.01. The van der Waals surface area contributed by atoms with Gasteiger partial charge in [-0.1, -0.05) is 34.8 Å². The summed E-state index contributed by atoms with van der Waals surface area (Å²) in [6, 6.07) is 7.70. The highest BCUT2D eigenvalue weighted by molar-refractivity contribution is 6.42.